The van der Waals surface area contributed by atoms with Crippen molar-refractivity contribution in [1.29, 1.82) is 0 Å². The molecule has 28 heavy (non-hydrogen) atoms. The van der Waals surface area contributed by atoms with Gasteiger partial charge in [0.2, 0.25) is 5.91 Å². The first-order valence-electron chi connectivity index (χ1n) is 9.55. The third-order valence-electron chi connectivity index (χ3n) is 5.30. The van der Waals surface area contributed by atoms with E-state index in [9.17, 15) is 9.18 Å². The van der Waals surface area contributed by atoms with Crippen molar-refractivity contribution >= 4 is 5.91 Å². The Labute approximate surface area is 163 Å². The normalized spacial score (nSPS) is 16.5. The number of hydrogen-bond donors (Lipinski definition) is 0. The summed E-state index contributed by atoms with van der Waals surface area (Å²) < 4.78 is 15.6. The highest BCUT2D eigenvalue weighted by atomic mass is 19.1. The predicted molar refractivity (Wildman–Crippen MR) is 105 cm³/mol. The molecule has 2 aromatic heterocycles. The fourth-order valence-electron chi connectivity index (χ4n) is 3.82. The zero-order valence-corrected chi connectivity index (χ0v) is 15.9. The zero-order valence-electron chi connectivity index (χ0n) is 15.9. The number of nitrogens with zero attached hydrogens (tertiary/aromatic N) is 4. The lowest BCUT2D eigenvalue weighted by molar-refractivity contribution is -0.129. The van der Waals surface area contributed by atoms with Crippen LogP contribution < -0.4 is 0 Å². The van der Waals surface area contributed by atoms with Crippen molar-refractivity contribution in [1.82, 2.24) is 19.4 Å². The van der Waals surface area contributed by atoms with E-state index in [1.54, 1.807) is 18.3 Å². The van der Waals surface area contributed by atoms with Crippen molar-refractivity contribution in [2.75, 3.05) is 13.1 Å². The molecule has 0 spiro atoms. The molecule has 5 nitrogen and oxygen atoms in total. The van der Waals surface area contributed by atoms with Crippen LogP contribution >= 0.6 is 0 Å². The minimum atomic E-state index is -0.303. The highest BCUT2D eigenvalue weighted by Crippen LogP contribution is 2.24. The molecule has 0 N–H and O–H groups in total. The summed E-state index contributed by atoms with van der Waals surface area (Å²) in [7, 11) is 0. The second-order valence-corrected chi connectivity index (χ2v) is 7.38. The second kappa shape index (κ2) is 7.92. The van der Waals surface area contributed by atoms with Crippen molar-refractivity contribution in [3.8, 4) is 11.4 Å². The summed E-state index contributed by atoms with van der Waals surface area (Å²) >= 11 is 0. The molecule has 1 atom stereocenters. The quantitative estimate of drug-likeness (QED) is 0.683. The summed E-state index contributed by atoms with van der Waals surface area (Å²) in [5, 5.41) is 0. The molecule has 4 rings (SSSR count). The van der Waals surface area contributed by atoms with Crippen LogP contribution in [0.5, 0.6) is 0 Å². The van der Waals surface area contributed by atoms with Crippen LogP contribution in [0.15, 0.2) is 55.0 Å². The number of carbonyl (C=O) groups is 1. The van der Waals surface area contributed by atoms with Gasteiger partial charge in [0.15, 0.2) is 0 Å². The van der Waals surface area contributed by atoms with Crippen LogP contribution in [0.1, 0.15) is 17.7 Å². The van der Waals surface area contributed by atoms with E-state index in [0.717, 1.165) is 48.7 Å². The van der Waals surface area contributed by atoms with E-state index in [-0.39, 0.29) is 18.1 Å². The first-order chi connectivity index (χ1) is 13.6. The number of benzene rings is 1. The van der Waals surface area contributed by atoms with Crippen LogP contribution in [0, 0.1) is 18.7 Å². The van der Waals surface area contributed by atoms with Crippen LogP contribution in [0.25, 0.3) is 11.4 Å². The van der Waals surface area contributed by atoms with Gasteiger partial charge < -0.3 is 9.47 Å². The molecule has 0 bridgehead atoms. The van der Waals surface area contributed by atoms with E-state index in [2.05, 4.69) is 21.5 Å². The highest BCUT2D eigenvalue weighted by Gasteiger charge is 2.27. The Balaban J connectivity index is 1.42. The van der Waals surface area contributed by atoms with E-state index in [1.807, 2.05) is 29.4 Å². The van der Waals surface area contributed by atoms with Crippen LogP contribution in [0.4, 0.5) is 4.39 Å². The number of aromatic nitrogens is 3. The van der Waals surface area contributed by atoms with Gasteiger partial charge in [-0.15, -0.1) is 0 Å². The predicted octanol–water partition coefficient (Wildman–Crippen LogP) is 3.48. The molecule has 1 aliphatic heterocycles. The Morgan fingerprint density at radius 1 is 1.25 bits per heavy atom. The smallest absolute Gasteiger partial charge is 0.227 e. The van der Waals surface area contributed by atoms with Gasteiger partial charge in [-0.3, -0.25) is 9.78 Å². The number of hydrogen-bond acceptors (Lipinski definition) is 3. The largest absolute Gasteiger partial charge is 0.342 e. The number of likely N-dealkylation sites (tertiary alicyclic amines) is 1. The Morgan fingerprint density at radius 3 is 2.93 bits per heavy atom. The third-order valence-corrected chi connectivity index (χ3v) is 5.30. The minimum Gasteiger partial charge on any atom is -0.342 e. The van der Waals surface area contributed by atoms with Gasteiger partial charge in [-0.2, -0.15) is 0 Å². The van der Waals surface area contributed by atoms with Gasteiger partial charge in [-0.1, -0.05) is 12.1 Å². The lowest BCUT2D eigenvalue weighted by Crippen LogP contribution is -2.30. The molecule has 1 unspecified atom stereocenters. The first kappa shape index (κ1) is 18.3. The molecule has 0 saturated carbocycles. The lowest BCUT2D eigenvalue weighted by atomic mass is 10.1. The van der Waals surface area contributed by atoms with E-state index < -0.39 is 0 Å². The first-order valence-corrected chi connectivity index (χ1v) is 9.55. The van der Waals surface area contributed by atoms with Gasteiger partial charge in [-0.05, 0) is 49.1 Å². The number of aryl methyl sites for hydroxylation is 1. The molecule has 0 aliphatic carbocycles. The summed E-state index contributed by atoms with van der Waals surface area (Å²) in [6, 6.07) is 10.2. The molecule has 1 aliphatic rings. The summed E-state index contributed by atoms with van der Waals surface area (Å²) in [4.78, 5) is 23.2. The number of amides is 1. The van der Waals surface area contributed by atoms with Crippen LogP contribution in [-0.4, -0.2) is 38.4 Å². The molecule has 3 aromatic rings. The molecule has 1 fully saturated rings. The van der Waals surface area contributed by atoms with E-state index in [0.29, 0.717) is 5.92 Å². The van der Waals surface area contributed by atoms with Gasteiger partial charge in [-0.25, -0.2) is 9.37 Å². The minimum absolute atomic E-state index is 0.0583. The molecule has 144 valence electrons. The van der Waals surface area contributed by atoms with E-state index in [4.69, 9.17) is 0 Å². The van der Waals surface area contributed by atoms with Crippen molar-refractivity contribution in [3.63, 3.8) is 0 Å². The monoisotopic (exact) mass is 378 g/mol. The van der Waals surface area contributed by atoms with E-state index >= 15 is 0 Å². The maximum atomic E-state index is 13.3. The van der Waals surface area contributed by atoms with Crippen molar-refractivity contribution < 1.29 is 9.18 Å². The Hall–Kier alpha value is -3.02. The maximum absolute atomic E-state index is 13.3. The molecule has 1 aromatic carbocycles. The number of rotatable bonds is 5. The fourth-order valence-corrected chi connectivity index (χ4v) is 3.82. The Morgan fingerprint density at radius 2 is 2.14 bits per heavy atom. The average Bonchev–Trinajstić information content (AvgIpc) is 3.30. The van der Waals surface area contributed by atoms with Gasteiger partial charge in [0.05, 0.1) is 6.42 Å². The lowest BCUT2D eigenvalue weighted by Gasteiger charge is -2.18. The highest BCUT2D eigenvalue weighted by molar-refractivity contribution is 5.79. The van der Waals surface area contributed by atoms with Crippen molar-refractivity contribution in [2.45, 2.75) is 26.3 Å². The molecule has 0 radical (unpaired) electrons. The average molecular weight is 378 g/mol. The van der Waals surface area contributed by atoms with Gasteiger partial charge in [0.25, 0.3) is 0 Å². The Kier molecular flexibility index (Phi) is 5.19. The summed E-state index contributed by atoms with van der Waals surface area (Å²) in [6.45, 7) is 4.33. The Bertz CT molecular complexity index is 970. The molecule has 3 heterocycles. The van der Waals surface area contributed by atoms with Crippen molar-refractivity contribution in [2.24, 2.45) is 5.92 Å². The number of pyridine rings is 1. The fraction of sp³-hybridized carbons (Fsp3) is 0.318. The van der Waals surface area contributed by atoms with Crippen molar-refractivity contribution in [3.05, 3.63) is 72.1 Å². The van der Waals surface area contributed by atoms with Crippen LogP contribution in [0.2, 0.25) is 0 Å². The zero-order chi connectivity index (χ0) is 19.5. The number of halogens is 1. The molecular weight excluding hydrogens is 355 g/mol. The van der Waals surface area contributed by atoms with Crippen LogP contribution in [-0.2, 0) is 17.8 Å². The van der Waals surface area contributed by atoms with Crippen LogP contribution in [0.3, 0.4) is 0 Å². The van der Waals surface area contributed by atoms with E-state index in [1.165, 1.54) is 12.1 Å². The summed E-state index contributed by atoms with van der Waals surface area (Å²) in [5.41, 5.74) is 2.81. The van der Waals surface area contributed by atoms with Gasteiger partial charge >= 0.3 is 0 Å². The molecular formula is C22H23FN4O. The number of carbonyl (C=O) groups excluding carboxylic acids is 1. The second-order valence-electron chi connectivity index (χ2n) is 7.38. The SMILES string of the molecule is Cc1cnc(-c2cccnc2)n1CC1CCN(C(=O)Cc2cccc(F)c2)C1. The number of imidazole rings is 1. The van der Waals surface area contributed by atoms with Gasteiger partial charge in [0.1, 0.15) is 11.6 Å². The molecule has 6 heteroatoms. The summed E-state index contributed by atoms with van der Waals surface area (Å²) in [6.07, 6.45) is 6.66. The topological polar surface area (TPSA) is 51.0 Å². The standard InChI is InChI=1S/C22H23FN4O/c1-16-12-25-22(19-5-3-8-24-13-19)27(16)15-18-7-9-26(14-18)21(28)11-17-4-2-6-20(23)10-17/h2-6,8,10,12-13,18H,7,9,11,14-15H2,1H3. The summed E-state index contributed by atoms with van der Waals surface area (Å²) in [5.74, 6) is 1.04. The van der Waals surface area contributed by atoms with Gasteiger partial charge in [0, 0.05) is 49.5 Å². The molecule has 1 amide bonds. The maximum Gasteiger partial charge on any atom is 0.227 e. The molecule has 1 saturated heterocycles. The third kappa shape index (κ3) is 3.96.